The lowest BCUT2D eigenvalue weighted by Gasteiger charge is -2.22. The predicted octanol–water partition coefficient (Wildman–Crippen LogP) is 6.34. The van der Waals surface area contributed by atoms with E-state index in [-0.39, 0.29) is 17.5 Å². The molecule has 6 rings (SSSR count). The zero-order valence-electron chi connectivity index (χ0n) is 19.6. The number of benzene rings is 3. The fraction of sp³-hybridized carbons (Fsp3) is 0.0667. The molecule has 1 unspecified atom stereocenters. The molecular formula is C30H21BrN4O2. The van der Waals surface area contributed by atoms with Crippen molar-refractivity contribution in [3.63, 3.8) is 0 Å². The van der Waals surface area contributed by atoms with Gasteiger partial charge in [0.1, 0.15) is 0 Å². The molecule has 1 amide bonds. The molecule has 5 aromatic rings. The third-order valence-corrected chi connectivity index (χ3v) is 7.05. The third-order valence-electron chi connectivity index (χ3n) is 6.56. The molecule has 0 bridgehead atoms. The second kappa shape index (κ2) is 9.59. The van der Waals surface area contributed by atoms with Gasteiger partial charge in [0, 0.05) is 45.3 Å². The minimum Gasteiger partial charge on any atom is -0.321 e. The zero-order valence-corrected chi connectivity index (χ0v) is 21.2. The molecule has 3 heterocycles. The van der Waals surface area contributed by atoms with Crippen LogP contribution in [-0.2, 0) is 0 Å². The Labute approximate surface area is 221 Å². The minimum absolute atomic E-state index is 0.238. The van der Waals surface area contributed by atoms with Crippen molar-refractivity contribution in [3.8, 4) is 11.1 Å². The number of amides is 1. The second-order valence-electron chi connectivity index (χ2n) is 8.82. The first-order chi connectivity index (χ1) is 18.1. The maximum Gasteiger partial charge on any atom is 0.274 e. The zero-order chi connectivity index (χ0) is 25.4. The van der Waals surface area contributed by atoms with Gasteiger partial charge >= 0.3 is 0 Å². The number of aromatic nitrogens is 2. The number of rotatable bonds is 4. The van der Waals surface area contributed by atoms with Crippen LogP contribution in [0.5, 0.6) is 0 Å². The third kappa shape index (κ3) is 4.27. The molecule has 180 valence electrons. The Kier molecular flexibility index (Phi) is 5.98. The average molecular weight is 549 g/mol. The van der Waals surface area contributed by atoms with Gasteiger partial charge in [0.25, 0.3) is 11.5 Å². The van der Waals surface area contributed by atoms with Crippen LogP contribution in [0.2, 0.25) is 0 Å². The molecule has 7 heteroatoms. The molecule has 3 aromatic carbocycles. The monoisotopic (exact) mass is 548 g/mol. The topological polar surface area (TPSA) is 78.4 Å². The fourth-order valence-electron chi connectivity index (χ4n) is 4.86. The van der Waals surface area contributed by atoms with Crippen LogP contribution < -0.4 is 5.56 Å². The first-order valence-corrected chi connectivity index (χ1v) is 12.7. The molecule has 0 radical (unpaired) electrons. The summed E-state index contributed by atoms with van der Waals surface area (Å²) in [6.45, 7) is 0. The summed E-state index contributed by atoms with van der Waals surface area (Å²) < 4.78 is 0.903. The highest BCUT2D eigenvalue weighted by Gasteiger charge is 2.35. The number of halogens is 1. The molecule has 1 aliphatic rings. The van der Waals surface area contributed by atoms with E-state index in [1.165, 1.54) is 5.01 Å². The van der Waals surface area contributed by atoms with Crippen molar-refractivity contribution in [1.82, 2.24) is 15.0 Å². The van der Waals surface area contributed by atoms with Crippen LogP contribution in [0.3, 0.4) is 0 Å². The van der Waals surface area contributed by atoms with Crippen molar-refractivity contribution < 1.29 is 4.79 Å². The number of fused-ring (bicyclic) bond motifs is 1. The molecule has 0 aliphatic carbocycles. The van der Waals surface area contributed by atoms with Gasteiger partial charge in [0.2, 0.25) is 0 Å². The molecule has 1 atom stereocenters. The van der Waals surface area contributed by atoms with Crippen molar-refractivity contribution in [1.29, 1.82) is 0 Å². The number of hydrogen-bond donors (Lipinski definition) is 1. The van der Waals surface area contributed by atoms with Gasteiger partial charge in [0.05, 0.1) is 17.3 Å². The number of H-pyrrole nitrogens is 1. The summed E-state index contributed by atoms with van der Waals surface area (Å²) in [5.74, 6) is -0.243. The van der Waals surface area contributed by atoms with E-state index >= 15 is 0 Å². The number of carbonyl (C=O) groups is 1. The Hall–Kier alpha value is -4.36. The summed E-state index contributed by atoms with van der Waals surface area (Å²) in [6.07, 6.45) is 3.58. The van der Waals surface area contributed by atoms with Crippen molar-refractivity contribution in [2.24, 2.45) is 5.10 Å². The van der Waals surface area contributed by atoms with Crippen molar-refractivity contribution in [2.45, 2.75) is 12.5 Å². The van der Waals surface area contributed by atoms with E-state index in [0.717, 1.165) is 32.1 Å². The van der Waals surface area contributed by atoms with Crippen molar-refractivity contribution in [3.05, 3.63) is 135 Å². The van der Waals surface area contributed by atoms with Crippen molar-refractivity contribution in [2.75, 3.05) is 0 Å². The molecule has 2 aromatic heterocycles. The van der Waals surface area contributed by atoms with Crippen LogP contribution >= 0.6 is 15.9 Å². The Morgan fingerprint density at radius 3 is 2.32 bits per heavy atom. The van der Waals surface area contributed by atoms with Crippen LogP contribution in [0.15, 0.2) is 118 Å². The SMILES string of the molecule is O=C(c1ccncc1)N1N=C(c2c(-c3ccccc3)c3cc(Br)ccc3[nH]c2=O)CC1c1ccccc1. The van der Waals surface area contributed by atoms with Gasteiger partial charge in [-0.3, -0.25) is 14.6 Å². The number of hydrogen-bond acceptors (Lipinski definition) is 4. The quantitative estimate of drug-likeness (QED) is 0.284. The summed E-state index contributed by atoms with van der Waals surface area (Å²) in [5, 5.41) is 7.21. The van der Waals surface area contributed by atoms with Gasteiger partial charge < -0.3 is 4.98 Å². The molecular weight excluding hydrogens is 528 g/mol. The predicted molar refractivity (Wildman–Crippen MR) is 148 cm³/mol. The number of nitrogens with zero attached hydrogens (tertiary/aromatic N) is 3. The van der Waals surface area contributed by atoms with Crippen LogP contribution in [0, 0.1) is 0 Å². The number of pyridine rings is 2. The number of aromatic amines is 1. The number of nitrogens with one attached hydrogen (secondary N) is 1. The number of carbonyl (C=O) groups excluding carboxylic acids is 1. The number of hydrazone groups is 1. The normalized spacial score (nSPS) is 15.1. The van der Waals surface area contributed by atoms with Crippen LogP contribution in [-0.4, -0.2) is 26.6 Å². The Morgan fingerprint density at radius 1 is 0.892 bits per heavy atom. The molecule has 37 heavy (non-hydrogen) atoms. The lowest BCUT2D eigenvalue weighted by Crippen LogP contribution is -2.27. The van der Waals surface area contributed by atoms with Crippen molar-refractivity contribution >= 4 is 38.5 Å². The smallest absolute Gasteiger partial charge is 0.274 e. The van der Waals surface area contributed by atoms with Crippen LogP contribution in [0.25, 0.3) is 22.0 Å². The van der Waals surface area contributed by atoms with Gasteiger partial charge in [0.15, 0.2) is 0 Å². The molecule has 1 N–H and O–H groups in total. The highest BCUT2D eigenvalue weighted by Crippen LogP contribution is 2.38. The highest BCUT2D eigenvalue weighted by atomic mass is 79.9. The largest absolute Gasteiger partial charge is 0.321 e. The van der Waals surface area contributed by atoms with E-state index in [1.54, 1.807) is 24.5 Å². The summed E-state index contributed by atoms with van der Waals surface area (Å²) in [4.78, 5) is 34.3. The van der Waals surface area contributed by atoms with Crippen LogP contribution in [0.1, 0.15) is 33.9 Å². The Bertz CT molecular complexity index is 1700. The van der Waals surface area contributed by atoms with Gasteiger partial charge in [-0.2, -0.15) is 5.10 Å². The average Bonchev–Trinajstić information content (AvgIpc) is 3.38. The Morgan fingerprint density at radius 2 is 1.59 bits per heavy atom. The van der Waals surface area contributed by atoms with E-state index in [0.29, 0.717) is 23.3 Å². The lowest BCUT2D eigenvalue weighted by atomic mass is 9.91. The first kappa shape index (κ1) is 23.1. The van der Waals surface area contributed by atoms with Gasteiger partial charge in [-0.05, 0) is 41.5 Å². The first-order valence-electron chi connectivity index (χ1n) is 11.9. The molecule has 1 aliphatic heterocycles. The fourth-order valence-corrected chi connectivity index (χ4v) is 5.22. The van der Waals surface area contributed by atoms with E-state index in [2.05, 4.69) is 25.9 Å². The highest BCUT2D eigenvalue weighted by molar-refractivity contribution is 9.10. The van der Waals surface area contributed by atoms with E-state index in [4.69, 9.17) is 5.10 Å². The maximum absolute atomic E-state index is 13.6. The summed E-state index contributed by atoms with van der Waals surface area (Å²) in [5.41, 5.74) is 4.68. The van der Waals surface area contributed by atoms with Gasteiger partial charge in [-0.15, -0.1) is 0 Å². The molecule has 0 saturated heterocycles. The molecule has 0 fully saturated rings. The lowest BCUT2D eigenvalue weighted by molar-refractivity contribution is 0.0711. The van der Waals surface area contributed by atoms with Crippen LogP contribution in [0.4, 0.5) is 0 Å². The summed E-state index contributed by atoms with van der Waals surface area (Å²) in [7, 11) is 0. The summed E-state index contributed by atoms with van der Waals surface area (Å²) in [6, 6.07) is 28.4. The van der Waals surface area contributed by atoms with Gasteiger partial charge in [-0.1, -0.05) is 76.6 Å². The molecule has 6 nitrogen and oxygen atoms in total. The Balaban J connectivity index is 1.58. The molecule has 0 spiro atoms. The maximum atomic E-state index is 13.6. The van der Waals surface area contributed by atoms with E-state index in [9.17, 15) is 9.59 Å². The standard InChI is InChI=1S/C30H21BrN4O2/c31-22-11-12-24-23(17-22)27(20-9-5-2-6-10-20)28(29(36)33-24)25-18-26(19-7-3-1-4-8-19)35(34-25)30(37)21-13-15-32-16-14-21/h1-17,26H,18H2,(H,33,36). The van der Waals surface area contributed by atoms with E-state index < -0.39 is 0 Å². The second-order valence-corrected chi connectivity index (χ2v) is 9.74. The minimum atomic E-state index is -0.349. The molecule has 0 saturated carbocycles. The van der Waals surface area contributed by atoms with Gasteiger partial charge in [-0.25, -0.2) is 5.01 Å². The van der Waals surface area contributed by atoms with E-state index in [1.807, 2.05) is 78.9 Å². The summed E-state index contributed by atoms with van der Waals surface area (Å²) >= 11 is 3.58.